The van der Waals surface area contributed by atoms with Crippen LogP contribution in [0.2, 0.25) is 5.02 Å². The number of nitrogens with zero attached hydrogens (tertiary/aromatic N) is 3. The Morgan fingerprint density at radius 3 is 2.57 bits per heavy atom. The summed E-state index contributed by atoms with van der Waals surface area (Å²) in [5, 5.41) is 5.13. The minimum absolute atomic E-state index is 0.201. The van der Waals surface area contributed by atoms with Crippen LogP contribution in [0.4, 0.5) is 0 Å². The zero-order valence-electron chi connectivity index (χ0n) is 24.4. The van der Waals surface area contributed by atoms with E-state index >= 15 is 0 Å². The number of amides is 4. The highest BCUT2D eigenvalue weighted by Gasteiger charge is 2.43. The third-order valence-corrected chi connectivity index (χ3v) is 8.27. The summed E-state index contributed by atoms with van der Waals surface area (Å²) in [6, 6.07) is 21.5. The van der Waals surface area contributed by atoms with Crippen molar-refractivity contribution in [2.45, 2.75) is 50.9 Å². The Morgan fingerprint density at radius 2 is 1.82 bits per heavy atom. The Hall–Kier alpha value is -4.76. The topological polar surface area (TPSA) is 126 Å². The van der Waals surface area contributed by atoms with Crippen molar-refractivity contribution >= 4 is 46.0 Å². The van der Waals surface area contributed by atoms with Crippen molar-refractivity contribution in [2.24, 2.45) is 5.73 Å². The van der Waals surface area contributed by atoms with Gasteiger partial charge >= 0.3 is 0 Å². The van der Waals surface area contributed by atoms with E-state index < -0.39 is 48.2 Å². The minimum Gasteiger partial charge on any atom is -0.368 e. The van der Waals surface area contributed by atoms with Crippen molar-refractivity contribution in [3.63, 3.8) is 0 Å². The minimum atomic E-state index is -1.11. The third kappa shape index (κ3) is 6.89. The highest BCUT2D eigenvalue weighted by molar-refractivity contribution is 6.30. The van der Waals surface area contributed by atoms with E-state index in [1.165, 1.54) is 9.80 Å². The first kappa shape index (κ1) is 30.7. The molecular weight excluding hydrogens is 578 g/mol. The normalized spacial score (nSPS) is 17.6. The summed E-state index contributed by atoms with van der Waals surface area (Å²) >= 11 is 6.34. The molecule has 4 amide bonds. The van der Waals surface area contributed by atoms with Crippen LogP contribution in [0.15, 0.2) is 91.3 Å². The molecule has 0 saturated carbocycles. The van der Waals surface area contributed by atoms with Crippen LogP contribution in [0.25, 0.3) is 10.8 Å². The monoisotopic (exact) mass is 611 g/mol. The smallest absolute Gasteiger partial charge is 0.250 e. The van der Waals surface area contributed by atoms with Crippen LogP contribution in [-0.4, -0.2) is 57.0 Å². The Labute approximate surface area is 261 Å². The lowest BCUT2D eigenvalue weighted by atomic mass is 9.96. The predicted octanol–water partition coefficient (Wildman–Crippen LogP) is 4.18. The van der Waals surface area contributed by atoms with E-state index in [0.717, 1.165) is 21.9 Å². The van der Waals surface area contributed by atoms with Crippen LogP contribution >= 0.6 is 11.6 Å². The van der Waals surface area contributed by atoms with Crippen molar-refractivity contribution in [1.82, 2.24) is 20.1 Å². The Kier molecular flexibility index (Phi) is 9.55. The quantitative estimate of drug-likeness (QED) is 0.275. The summed E-state index contributed by atoms with van der Waals surface area (Å²) in [5.74, 6) is -2.08. The molecule has 3 N–H and O–H groups in total. The lowest BCUT2D eigenvalue weighted by molar-refractivity contribution is -0.149. The maximum atomic E-state index is 14.5. The van der Waals surface area contributed by atoms with Gasteiger partial charge in [0.2, 0.25) is 17.7 Å². The summed E-state index contributed by atoms with van der Waals surface area (Å²) in [4.78, 5) is 61.1. The number of halogens is 1. The molecule has 4 aromatic rings. The molecule has 0 radical (unpaired) electrons. The van der Waals surface area contributed by atoms with Gasteiger partial charge in [-0.25, -0.2) is 0 Å². The average molecular weight is 612 g/mol. The second-order valence-corrected chi connectivity index (χ2v) is 11.4. The van der Waals surface area contributed by atoms with Gasteiger partial charge in [0.1, 0.15) is 18.5 Å². The van der Waals surface area contributed by atoms with Crippen LogP contribution in [0.5, 0.6) is 0 Å². The van der Waals surface area contributed by atoms with E-state index in [1.54, 1.807) is 42.7 Å². The first-order valence-electron chi connectivity index (χ1n) is 14.5. The van der Waals surface area contributed by atoms with Crippen LogP contribution in [0.3, 0.4) is 0 Å². The molecule has 1 saturated heterocycles. The standard InChI is InChI=1S/C34H34ClN5O4/c1-22-14-16-39(29(33(36)43)18-25-10-4-9-24-8-2-3-13-28(24)25)34(44)32(26-11-5-12-27(35)17-26)40(22)31(42)19-30(41)38-21-23-7-6-15-37-20-23/h2-13,15,17,20,22,29,32H,14,16,18-19,21H2,1H3,(H2,36,43)(H,38,41)/t22-,29?,32+/m1/s1. The SMILES string of the molecule is C[C@@H]1CCN(C(Cc2cccc3ccccc23)C(N)=O)C(=O)[C@H](c2cccc(Cl)c2)N1C(=O)CC(=O)NCc1cccnc1. The molecule has 5 rings (SSSR count). The molecule has 0 spiro atoms. The number of aromatic nitrogens is 1. The zero-order chi connectivity index (χ0) is 31.2. The van der Waals surface area contributed by atoms with Gasteiger partial charge < -0.3 is 20.9 Å². The molecule has 0 bridgehead atoms. The molecule has 3 atom stereocenters. The van der Waals surface area contributed by atoms with Gasteiger partial charge in [0.15, 0.2) is 0 Å². The second kappa shape index (κ2) is 13.7. The number of carbonyl (C=O) groups is 4. The summed E-state index contributed by atoms with van der Waals surface area (Å²) in [6.45, 7) is 2.25. The van der Waals surface area contributed by atoms with E-state index in [1.807, 2.05) is 55.5 Å². The molecule has 10 heteroatoms. The largest absolute Gasteiger partial charge is 0.368 e. The molecule has 9 nitrogen and oxygen atoms in total. The van der Waals surface area contributed by atoms with Crippen LogP contribution in [0, 0.1) is 0 Å². The van der Waals surface area contributed by atoms with Crippen molar-refractivity contribution in [3.05, 3.63) is 113 Å². The zero-order valence-corrected chi connectivity index (χ0v) is 25.1. The predicted molar refractivity (Wildman–Crippen MR) is 168 cm³/mol. The van der Waals surface area contributed by atoms with Crippen molar-refractivity contribution in [3.8, 4) is 0 Å². The van der Waals surface area contributed by atoms with Crippen LogP contribution in [0.1, 0.15) is 42.5 Å². The number of nitrogens with one attached hydrogen (secondary N) is 1. The lowest BCUT2D eigenvalue weighted by Crippen LogP contribution is -2.52. The third-order valence-electron chi connectivity index (χ3n) is 8.03. The van der Waals surface area contributed by atoms with E-state index in [0.29, 0.717) is 17.0 Å². The van der Waals surface area contributed by atoms with E-state index in [9.17, 15) is 19.2 Å². The second-order valence-electron chi connectivity index (χ2n) is 11.0. The fourth-order valence-electron chi connectivity index (χ4n) is 5.82. The van der Waals surface area contributed by atoms with Gasteiger partial charge in [0.25, 0.3) is 5.91 Å². The van der Waals surface area contributed by atoms with Gasteiger partial charge in [-0.15, -0.1) is 0 Å². The molecule has 1 aliphatic rings. The lowest BCUT2D eigenvalue weighted by Gasteiger charge is -2.35. The molecule has 2 heterocycles. The van der Waals surface area contributed by atoms with Crippen LogP contribution in [-0.2, 0) is 32.1 Å². The molecule has 1 aliphatic heterocycles. The first-order valence-corrected chi connectivity index (χ1v) is 14.9. The van der Waals surface area contributed by atoms with Crippen molar-refractivity contribution in [2.75, 3.05) is 6.54 Å². The number of benzene rings is 3. The number of nitrogens with two attached hydrogens (primary N) is 1. The summed E-state index contributed by atoms with van der Waals surface area (Å²) in [6.07, 6.45) is 3.41. The van der Waals surface area contributed by atoms with Crippen molar-refractivity contribution < 1.29 is 19.2 Å². The van der Waals surface area contributed by atoms with E-state index in [4.69, 9.17) is 17.3 Å². The number of primary amides is 1. The van der Waals surface area contributed by atoms with E-state index in [2.05, 4.69) is 10.3 Å². The van der Waals surface area contributed by atoms with Gasteiger partial charge in [-0.05, 0) is 59.0 Å². The highest BCUT2D eigenvalue weighted by atomic mass is 35.5. The van der Waals surface area contributed by atoms with Crippen molar-refractivity contribution in [1.29, 1.82) is 0 Å². The average Bonchev–Trinajstić information content (AvgIpc) is 3.14. The highest BCUT2D eigenvalue weighted by Crippen LogP contribution is 2.33. The molecule has 226 valence electrons. The van der Waals surface area contributed by atoms with Crippen LogP contribution < -0.4 is 11.1 Å². The number of hydrogen-bond donors (Lipinski definition) is 2. The Morgan fingerprint density at radius 1 is 1.05 bits per heavy atom. The maximum absolute atomic E-state index is 14.5. The van der Waals surface area contributed by atoms with Gasteiger partial charge in [0, 0.05) is 43.0 Å². The number of pyridine rings is 1. The summed E-state index contributed by atoms with van der Waals surface area (Å²) in [5.41, 5.74) is 8.13. The van der Waals surface area contributed by atoms with Gasteiger partial charge in [-0.2, -0.15) is 0 Å². The summed E-state index contributed by atoms with van der Waals surface area (Å²) in [7, 11) is 0. The Bertz CT molecular complexity index is 1680. The fraction of sp³-hybridized carbons (Fsp3) is 0.265. The first-order chi connectivity index (χ1) is 21.2. The molecule has 44 heavy (non-hydrogen) atoms. The Balaban J connectivity index is 1.45. The molecule has 0 aliphatic carbocycles. The number of fused-ring (bicyclic) bond motifs is 1. The van der Waals surface area contributed by atoms with Gasteiger partial charge in [-0.3, -0.25) is 24.2 Å². The maximum Gasteiger partial charge on any atom is 0.250 e. The molecule has 1 fully saturated rings. The molecular formula is C34H34ClN5O4. The van der Waals surface area contributed by atoms with E-state index in [-0.39, 0.29) is 19.5 Å². The molecule has 3 aromatic carbocycles. The number of carbonyl (C=O) groups excluding carboxylic acids is 4. The number of hydrogen-bond acceptors (Lipinski definition) is 5. The van der Waals surface area contributed by atoms with Gasteiger partial charge in [-0.1, -0.05) is 72.3 Å². The fourth-order valence-corrected chi connectivity index (χ4v) is 6.02. The molecule has 1 aromatic heterocycles. The summed E-state index contributed by atoms with van der Waals surface area (Å²) < 4.78 is 0. The number of rotatable bonds is 9. The van der Waals surface area contributed by atoms with Gasteiger partial charge in [0.05, 0.1) is 0 Å². The molecule has 1 unspecified atom stereocenters.